The molecule has 0 saturated heterocycles. The molecule has 1 atom stereocenters. The van der Waals surface area contributed by atoms with Crippen LogP contribution >= 0.6 is 27.5 Å². The standard InChI is InChI=1S/C20H16BrClN4O/c1-25-11-14(10-23-25)26-19-7-15(4-2-13(19)9-24-26)27-20-5-3-12-6-17(21)18(22)8-16(12)20/h2,4,6-11,20H,3,5H2,1H3. The Bertz CT molecular complexity index is 1170. The van der Waals surface area contributed by atoms with Gasteiger partial charge in [-0.1, -0.05) is 11.6 Å². The van der Waals surface area contributed by atoms with Crippen LogP contribution in [0.25, 0.3) is 16.6 Å². The molecule has 1 aliphatic carbocycles. The number of benzene rings is 2. The zero-order valence-corrected chi connectivity index (χ0v) is 16.9. The summed E-state index contributed by atoms with van der Waals surface area (Å²) in [5, 5.41) is 10.5. The lowest BCUT2D eigenvalue weighted by Crippen LogP contribution is -2.04. The molecule has 7 heteroatoms. The first-order valence-electron chi connectivity index (χ1n) is 8.70. The van der Waals surface area contributed by atoms with Crippen LogP contribution in [-0.4, -0.2) is 19.6 Å². The van der Waals surface area contributed by atoms with E-state index in [4.69, 9.17) is 16.3 Å². The molecule has 0 radical (unpaired) electrons. The van der Waals surface area contributed by atoms with Gasteiger partial charge in [-0.15, -0.1) is 0 Å². The highest BCUT2D eigenvalue weighted by molar-refractivity contribution is 9.10. The summed E-state index contributed by atoms with van der Waals surface area (Å²) in [5.41, 5.74) is 4.38. The molecule has 0 bridgehead atoms. The lowest BCUT2D eigenvalue weighted by Gasteiger charge is -2.16. The number of nitrogens with zero attached hydrogens (tertiary/aromatic N) is 4. The number of ether oxygens (including phenoxy) is 1. The van der Waals surface area contributed by atoms with Gasteiger partial charge in [0.15, 0.2) is 0 Å². The van der Waals surface area contributed by atoms with E-state index in [0.717, 1.165) is 39.7 Å². The van der Waals surface area contributed by atoms with Gasteiger partial charge in [0.25, 0.3) is 0 Å². The van der Waals surface area contributed by atoms with E-state index in [1.54, 1.807) is 10.9 Å². The molecule has 2 heterocycles. The van der Waals surface area contributed by atoms with Gasteiger partial charge >= 0.3 is 0 Å². The molecule has 27 heavy (non-hydrogen) atoms. The first kappa shape index (κ1) is 16.8. The molecule has 5 rings (SSSR count). The van der Waals surface area contributed by atoms with Crippen molar-refractivity contribution in [1.29, 1.82) is 0 Å². The fourth-order valence-corrected chi connectivity index (χ4v) is 4.21. The third-order valence-corrected chi connectivity index (χ3v) is 6.16. The Labute approximate surface area is 169 Å². The Hall–Kier alpha value is -2.31. The summed E-state index contributed by atoms with van der Waals surface area (Å²) < 4.78 is 10.9. The molecule has 2 aromatic carbocycles. The van der Waals surface area contributed by atoms with Crippen LogP contribution in [0.1, 0.15) is 23.7 Å². The maximum atomic E-state index is 6.33. The minimum absolute atomic E-state index is 0.0119. The number of hydrogen-bond acceptors (Lipinski definition) is 3. The number of aryl methyl sites for hydroxylation is 2. The van der Waals surface area contributed by atoms with Crippen LogP contribution in [0.4, 0.5) is 0 Å². The van der Waals surface area contributed by atoms with Gasteiger partial charge in [0.1, 0.15) is 17.5 Å². The SMILES string of the molecule is Cn1cc(-n2ncc3ccc(OC4CCc5cc(Br)c(Cl)cc54)cc32)cn1. The Balaban J connectivity index is 1.50. The van der Waals surface area contributed by atoms with E-state index >= 15 is 0 Å². The summed E-state index contributed by atoms with van der Waals surface area (Å²) >= 11 is 9.79. The average molecular weight is 444 g/mol. The minimum Gasteiger partial charge on any atom is -0.486 e. The molecule has 1 unspecified atom stereocenters. The lowest BCUT2D eigenvalue weighted by molar-refractivity contribution is 0.208. The summed E-state index contributed by atoms with van der Waals surface area (Å²) in [6.45, 7) is 0. The molecule has 1 aliphatic rings. The Kier molecular flexibility index (Phi) is 3.98. The number of rotatable bonds is 3. The van der Waals surface area contributed by atoms with Gasteiger partial charge in [-0.2, -0.15) is 10.2 Å². The third-order valence-electron chi connectivity index (χ3n) is 4.96. The topological polar surface area (TPSA) is 44.9 Å². The molecule has 2 aromatic heterocycles. The van der Waals surface area contributed by atoms with Gasteiger partial charge in [-0.25, -0.2) is 4.68 Å². The van der Waals surface area contributed by atoms with Crippen LogP contribution in [0.5, 0.6) is 5.75 Å². The van der Waals surface area contributed by atoms with Crippen molar-refractivity contribution in [2.24, 2.45) is 7.05 Å². The van der Waals surface area contributed by atoms with E-state index < -0.39 is 0 Å². The van der Waals surface area contributed by atoms with E-state index in [2.05, 4.69) is 32.2 Å². The van der Waals surface area contributed by atoms with Crippen molar-refractivity contribution in [3.63, 3.8) is 0 Å². The van der Waals surface area contributed by atoms with Gasteiger partial charge in [-0.05, 0) is 64.2 Å². The van der Waals surface area contributed by atoms with Crippen molar-refractivity contribution in [1.82, 2.24) is 19.6 Å². The number of aromatic nitrogens is 4. The minimum atomic E-state index is 0.0119. The highest BCUT2D eigenvalue weighted by atomic mass is 79.9. The first-order chi connectivity index (χ1) is 13.1. The quantitative estimate of drug-likeness (QED) is 0.435. The Morgan fingerprint density at radius 3 is 2.89 bits per heavy atom. The van der Waals surface area contributed by atoms with Crippen molar-refractivity contribution in [3.05, 3.63) is 69.5 Å². The summed E-state index contributed by atoms with van der Waals surface area (Å²) in [5.74, 6) is 0.824. The van der Waals surface area contributed by atoms with Gasteiger partial charge in [0.05, 0.1) is 29.1 Å². The van der Waals surface area contributed by atoms with Crippen LogP contribution in [-0.2, 0) is 13.5 Å². The predicted octanol–water partition coefficient (Wildman–Crippen LogP) is 5.24. The highest BCUT2D eigenvalue weighted by Gasteiger charge is 2.25. The maximum absolute atomic E-state index is 6.33. The molecular weight excluding hydrogens is 428 g/mol. The molecule has 0 spiro atoms. The van der Waals surface area contributed by atoms with E-state index in [0.29, 0.717) is 5.02 Å². The van der Waals surface area contributed by atoms with E-state index in [1.165, 1.54) is 11.1 Å². The second kappa shape index (κ2) is 6.39. The van der Waals surface area contributed by atoms with E-state index in [9.17, 15) is 0 Å². The average Bonchev–Trinajstić information content (AvgIpc) is 3.35. The van der Waals surface area contributed by atoms with Crippen LogP contribution in [0.3, 0.4) is 0 Å². The lowest BCUT2D eigenvalue weighted by atomic mass is 10.1. The summed E-state index contributed by atoms with van der Waals surface area (Å²) in [4.78, 5) is 0. The van der Waals surface area contributed by atoms with Crippen molar-refractivity contribution in [2.75, 3.05) is 0 Å². The predicted molar refractivity (Wildman–Crippen MR) is 109 cm³/mol. The van der Waals surface area contributed by atoms with Crippen LogP contribution < -0.4 is 4.74 Å². The van der Waals surface area contributed by atoms with Gasteiger partial charge in [0, 0.05) is 23.0 Å². The van der Waals surface area contributed by atoms with Crippen LogP contribution in [0, 0.1) is 0 Å². The zero-order valence-electron chi connectivity index (χ0n) is 14.6. The second-order valence-electron chi connectivity index (χ2n) is 6.76. The van der Waals surface area contributed by atoms with Gasteiger partial charge < -0.3 is 4.74 Å². The summed E-state index contributed by atoms with van der Waals surface area (Å²) in [6.07, 6.45) is 7.54. The fourth-order valence-electron chi connectivity index (χ4n) is 3.64. The fraction of sp³-hybridized carbons (Fsp3) is 0.200. The van der Waals surface area contributed by atoms with Crippen molar-refractivity contribution < 1.29 is 4.74 Å². The molecule has 4 aromatic rings. The highest BCUT2D eigenvalue weighted by Crippen LogP contribution is 2.39. The molecule has 0 N–H and O–H groups in total. The van der Waals surface area contributed by atoms with Gasteiger partial charge in [0.2, 0.25) is 0 Å². The monoisotopic (exact) mass is 442 g/mol. The largest absolute Gasteiger partial charge is 0.486 e. The third kappa shape index (κ3) is 2.93. The Morgan fingerprint density at radius 2 is 2.07 bits per heavy atom. The molecule has 0 fully saturated rings. The second-order valence-corrected chi connectivity index (χ2v) is 8.02. The Morgan fingerprint density at radius 1 is 1.19 bits per heavy atom. The summed E-state index contributed by atoms with van der Waals surface area (Å²) in [6, 6.07) is 10.2. The van der Waals surface area contributed by atoms with Crippen molar-refractivity contribution in [3.8, 4) is 11.4 Å². The molecule has 0 saturated carbocycles. The van der Waals surface area contributed by atoms with Crippen LogP contribution in [0.2, 0.25) is 5.02 Å². The first-order valence-corrected chi connectivity index (χ1v) is 9.87. The molecule has 136 valence electrons. The number of hydrogen-bond donors (Lipinski definition) is 0. The molecule has 0 aliphatic heterocycles. The smallest absolute Gasteiger partial charge is 0.124 e. The van der Waals surface area contributed by atoms with Gasteiger partial charge in [-0.3, -0.25) is 4.68 Å². The summed E-state index contributed by atoms with van der Waals surface area (Å²) in [7, 11) is 1.89. The number of halogens is 2. The number of fused-ring (bicyclic) bond motifs is 2. The van der Waals surface area contributed by atoms with Crippen LogP contribution in [0.15, 0.2) is 53.4 Å². The molecular formula is C20H16BrClN4O. The normalized spacial score (nSPS) is 16.0. The zero-order chi connectivity index (χ0) is 18.5. The van der Waals surface area contributed by atoms with E-state index in [1.807, 2.05) is 48.4 Å². The molecule has 5 nitrogen and oxygen atoms in total. The maximum Gasteiger partial charge on any atom is 0.124 e. The van der Waals surface area contributed by atoms with E-state index in [-0.39, 0.29) is 6.10 Å². The molecule has 0 amide bonds. The van der Waals surface area contributed by atoms with Crippen molar-refractivity contribution in [2.45, 2.75) is 18.9 Å². The van der Waals surface area contributed by atoms with Crippen molar-refractivity contribution >= 4 is 38.4 Å².